The van der Waals surface area contributed by atoms with Crippen molar-refractivity contribution in [1.29, 1.82) is 0 Å². The Morgan fingerprint density at radius 3 is 2.61 bits per heavy atom. The molecule has 31 heavy (non-hydrogen) atoms. The highest BCUT2D eigenvalue weighted by atomic mass is 16.5. The zero-order valence-electron chi connectivity index (χ0n) is 17.8. The van der Waals surface area contributed by atoms with Crippen LogP contribution >= 0.6 is 0 Å². The van der Waals surface area contributed by atoms with Gasteiger partial charge in [0.1, 0.15) is 11.4 Å². The number of carbonyl (C=O) groups is 1. The van der Waals surface area contributed by atoms with Crippen molar-refractivity contribution in [3.8, 4) is 11.4 Å². The van der Waals surface area contributed by atoms with Crippen LogP contribution in [0.5, 0.6) is 5.75 Å². The van der Waals surface area contributed by atoms with Crippen LogP contribution in [0, 0.1) is 0 Å². The van der Waals surface area contributed by atoms with Gasteiger partial charge in [-0.25, -0.2) is 4.68 Å². The van der Waals surface area contributed by atoms with Crippen molar-refractivity contribution in [2.45, 2.75) is 37.8 Å². The number of amides is 1. The molecular weight excluding hydrogens is 388 g/mol. The number of hydrogen-bond donors (Lipinski definition) is 1. The average molecular weight is 417 g/mol. The van der Waals surface area contributed by atoms with Gasteiger partial charge < -0.3 is 10.1 Å². The molecule has 6 nitrogen and oxygen atoms in total. The fraction of sp³-hybridized carbons (Fsp3) is 0.360. The van der Waals surface area contributed by atoms with Gasteiger partial charge in [0.2, 0.25) is 0 Å². The Hall–Kier alpha value is -3.12. The molecule has 2 aromatic carbocycles. The Kier molecular flexibility index (Phi) is 5.47. The molecule has 5 rings (SSSR count). The van der Waals surface area contributed by atoms with Crippen LogP contribution in [-0.2, 0) is 12.8 Å². The number of hydrogen-bond acceptors (Lipinski definition) is 4. The maximum absolute atomic E-state index is 12.9. The van der Waals surface area contributed by atoms with E-state index in [2.05, 4.69) is 39.6 Å². The van der Waals surface area contributed by atoms with Crippen LogP contribution in [0.1, 0.15) is 34.3 Å². The monoisotopic (exact) mass is 416 g/mol. The van der Waals surface area contributed by atoms with E-state index in [1.54, 1.807) is 24.2 Å². The first kappa shape index (κ1) is 19.8. The lowest BCUT2D eigenvalue weighted by molar-refractivity contribution is 0.0876. The van der Waals surface area contributed by atoms with Gasteiger partial charge in [-0.05, 0) is 55.5 Å². The van der Waals surface area contributed by atoms with Gasteiger partial charge in [0.05, 0.1) is 18.9 Å². The Labute approximate surface area is 182 Å². The largest absolute Gasteiger partial charge is 0.494 e. The first-order valence-corrected chi connectivity index (χ1v) is 11.0. The molecule has 0 spiro atoms. The van der Waals surface area contributed by atoms with Crippen molar-refractivity contribution < 1.29 is 9.53 Å². The molecule has 1 amide bonds. The van der Waals surface area contributed by atoms with Gasteiger partial charge in [0.25, 0.3) is 5.91 Å². The van der Waals surface area contributed by atoms with Crippen LogP contribution in [0.15, 0.2) is 60.9 Å². The van der Waals surface area contributed by atoms with Gasteiger partial charge in [-0.2, -0.15) is 5.10 Å². The minimum Gasteiger partial charge on any atom is -0.494 e. The lowest BCUT2D eigenvalue weighted by Gasteiger charge is -2.37. The number of para-hydroxylation sites is 2. The van der Waals surface area contributed by atoms with E-state index in [0.717, 1.165) is 50.2 Å². The summed E-state index contributed by atoms with van der Waals surface area (Å²) < 4.78 is 7.10. The fourth-order valence-electron chi connectivity index (χ4n) is 4.91. The number of piperidine rings is 1. The van der Waals surface area contributed by atoms with Crippen LogP contribution in [0.25, 0.3) is 5.69 Å². The van der Waals surface area contributed by atoms with Crippen molar-refractivity contribution in [1.82, 2.24) is 20.0 Å². The maximum Gasteiger partial charge on any atom is 0.254 e. The topological polar surface area (TPSA) is 59.4 Å². The molecule has 1 aliphatic heterocycles. The molecule has 0 unspecified atom stereocenters. The standard InChI is InChI=1S/C25H28N4O2/c1-31-24-11-5-4-10-23(24)29-16-20(15-26-29)25(30)27-21-9-6-12-28(17-21)22-13-18-7-2-3-8-19(18)14-22/h2-5,7-8,10-11,15-16,21-22H,6,9,12-14,17H2,1H3,(H,27,30)/t21-/m0/s1. The quantitative estimate of drug-likeness (QED) is 0.694. The molecule has 1 aromatic heterocycles. The molecule has 6 heteroatoms. The Bertz CT molecular complexity index is 1050. The highest BCUT2D eigenvalue weighted by molar-refractivity contribution is 5.94. The summed E-state index contributed by atoms with van der Waals surface area (Å²) in [6.45, 7) is 2.02. The third-order valence-electron chi connectivity index (χ3n) is 6.51. The number of rotatable bonds is 5. The van der Waals surface area contributed by atoms with E-state index < -0.39 is 0 Å². The van der Waals surface area contributed by atoms with E-state index in [-0.39, 0.29) is 11.9 Å². The van der Waals surface area contributed by atoms with Crippen molar-refractivity contribution in [3.05, 3.63) is 77.6 Å². The molecule has 1 aliphatic carbocycles. The predicted molar refractivity (Wildman–Crippen MR) is 120 cm³/mol. The first-order chi connectivity index (χ1) is 15.2. The summed E-state index contributed by atoms with van der Waals surface area (Å²) in [6, 6.07) is 17.1. The van der Waals surface area contributed by atoms with E-state index in [0.29, 0.717) is 11.6 Å². The first-order valence-electron chi connectivity index (χ1n) is 11.0. The number of fused-ring (bicyclic) bond motifs is 1. The van der Waals surface area contributed by atoms with Crippen molar-refractivity contribution in [2.24, 2.45) is 0 Å². The molecule has 2 heterocycles. The van der Waals surface area contributed by atoms with Crippen molar-refractivity contribution in [3.63, 3.8) is 0 Å². The van der Waals surface area contributed by atoms with E-state index in [1.165, 1.54) is 11.1 Å². The molecular formula is C25H28N4O2. The van der Waals surface area contributed by atoms with E-state index in [1.807, 2.05) is 24.3 Å². The zero-order chi connectivity index (χ0) is 21.2. The smallest absolute Gasteiger partial charge is 0.254 e. The highest BCUT2D eigenvalue weighted by Crippen LogP contribution is 2.27. The molecule has 0 saturated carbocycles. The number of nitrogens with zero attached hydrogens (tertiary/aromatic N) is 3. The lowest BCUT2D eigenvalue weighted by atomic mass is 10.0. The maximum atomic E-state index is 12.9. The molecule has 2 aliphatic rings. The summed E-state index contributed by atoms with van der Waals surface area (Å²) in [7, 11) is 1.63. The predicted octanol–water partition coefficient (Wildman–Crippen LogP) is 3.24. The number of benzene rings is 2. The van der Waals surface area contributed by atoms with Crippen LogP contribution in [0.2, 0.25) is 0 Å². The molecule has 1 fully saturated rings. The summed E-state index contributed by atoms with van der Waals surface area (Å²) in [5.74, 6) is 0.653. The summed E-state index contributed by atoms with van der Waals surface area (Å²) in [4.78, 5) is 15.5. The highest BCUT2D eigenvalue weighted by Gasteiger charge is 2.31. The number of ether oxygens (including phenoxy) is 1. The third-order valence-corrected chi connectivity index (χ3v) is 6.51. The molecule has 1 N–H and O–H groups in total. The minimum atomic E-state index is -0.0669. The number of likely N-dealkylation sites (tertiary alicyclic amines) is 1. The Morgan fingerprint density at radius 1 is 1.10 bits per heavy atom. The molecule has 1 saturated heterocycles. The number of methoxy groups -OCH3 is 1. The zero-order valence-corrected chi connectivity index (χ0v) is 17.8. The normalized spacial score (nSPS) is 19.2. The number of carbonyl (C=O) groups excluding carboxylic acids is 1. The molecule has 160 valence electrons. The SMILES string of the molecule is COc1ccccc1-n1cc(C(=O)N[C@H]2CCCN(C3Cc4ccccc4C3)C2)cn1. The second kappa shape index (κ2) is 8.55. The van der Waals surface area contributed by atoms with Gasteiger partial charge in [0, 0.05) is 24.8 Å². The Balaban J connectivity index is 1.22. The summed E-state index contributed by atoms with van der Waals surface area (Å²) in [6.07, 6.45) is 7.74. The fourth-order valence-corrected chi connectivity index (χ4v) is 4.91. The molecule has 3 aromatic rings. The second-order valence-electron chi connectivity index (χ2n) is 8.48. The minimum absolute atomic E-state index is 0.0669. The second-order valence-corrected chi connectivity index (χ2v) is 8.48. The Morgan fingerprint density at radius 2 is 1.84 bits per heavy atom. The van der Waals surface area contributed by atoms with Crippen molar-refractivity contribution in [2.75, 3.05) is 20.2 Å². The van der Waals surface area contributed by atoms with Crippen molar-refractivity contribution >= 4 is 5.91 Å². The van der Waals surface area contributed by atoms with Gasteiger partial charge >= 0.3 is 0 Å². The summed E-state index contributed by atoms with van der Waals surface area (Å²) in [5.41, 5.74) is 4.33. The van der Waals surface area contributed by atoms with Crippen LogP contribution in [-0.4, -0.2) is 52.9 Å². The number of aromatic nitrogens is 2. The van der Waals surface area contributed by atoms with E-state index in [9.17, 15) is 4.79 Å². The average Bonchev–Trinajstić information content (AvgIpc) is 3.47. The third kappa shape index (κ3) is 4.08. The van der Waals surface area contributed by atoms with Gasteiger partial charge in [0.15, 0.2) is 0 Å². The number of nitrogens with one attached hydrogen (secondary N) is 1. The van der Waals surface area contributed by atoms with Crippen LogP contribution < -0.4 is 10.1 Å². The summed E-state index contributed by atoms with van der Waals surface area (Å²) in [5, 5.41) is 7.61. The summed E-state index contributed by atoms with van der Waals surface area (Å²) >= 11 is 0. The molecule has 0 bridgehead atoms. The van der Waals surface area contributed by atoms with Gasteiger partial charge in [-0.15, -0.1) is 0 Å². The van der Waals surface area contributed by atoms with E-state index >= 15 is 0 Å². The van der Waals surface area contributed by atoms with Crippen LogP contribution in [0.4, 0.5) is 0 Å². The van der Waals surface area contributed by atoms with Crippen LogP contribution in [0.3, 0.4) is 0 Å². The van der Waals surface area contributed by atoms with Gasteiger partial charge in [-0.3, -0.25) is 9.69 Å². The molecule has 1 atom stereocenters. The molecule has 0 radical (unpaired) electrons. The van der Waals surface area contributed by atoms with E-state index in [4.69, 9.17) is 4.74 Å². The van der Waals surface area contributed by atoms with Gasteiger partial charge in [-0.1, -0.05) is 36.4 Å². The lowest BCUT2D eigenvalue weighted by Crippen LogP contribution is -2.51.